The Balaban J connectivity index is 2.16. The zero-order valence-corrected chi connectivity index (χ0v) is 13.8. The van der Waals surface area contributed by atoms with Gasteiger partial charge in [-0.3, -0.25) is 5.41 Å². The highest BCUT2D eigenvalue weighted by Gasteiger charge is 2.15. The summed E-state index contributed by atoms with van der Waals surface area (Å²) < 4.78 is 44.0. The van der Waals surface area contributed by atoms with Crippen LogP contribution in [0.2, 0.25) is 0 Å². The molecule has 134 valence electrons. The molecule has 6 heteroatoms. The van der Waals surface area contributed by atoms with Gasteiger partial charge >= 0.3 is 0 Å². The quantitative estimate of drug-likeness (QED) is 0.519. The van der Waals surface area contributed by atoms with Crippen LogP contribution in [0.5, 0.6) is 0 Å². The molecule has 0 saturated heterocycles. The minimum Gasteiger partial charge on any atom is -0.361 e. The molecule has 2 aromatic carbocycles. The van der Waals surface area contributed by atoms with E-state index in [4.69, 9.17) is 16.6 Å². The second-order valence-corrected chi connectivity index (χ2v) is 5.31. The van der Waals surface area contributed by atoms with E-state index >= 15 is 0 Å². The molecular weight excluding hydrogens is 341 g/mol. The number of hydrogen-bond acceptors (Lipinski definition) is 3. The van der Waals surface area contributed by atoms with Crippen molar-refractivity contribution in [2.75, 3.05) is 5.32 Å². The molecule has 0 amide bonds. The van der Waals surface area contributed by atoms with Crippen LogP contribution in [0.4, 0.5) is 18.9 Å². The Morgan fingerprint density at radius 3 is 2.62 bits per heavy atom. The first-order valence-corrected chi connectivity index (χ1v) is 7.72. The molecule has 2 rings (SSSR count). The molecule has 1 atom stereocenters. The van der Waals surface area contributed by atoms with Gasteiger partial charge in [-0.25, -0.2) is 13.2 Å². The van der Waals surface area contributed by atoms with Crippen molar-refractivity contribution in [1.82, 2.24) is 0 Å². The molecule has 0 aliphatic rings. The van der Waals surface area contributed by atoms with E-state index in [-0.39, 0.29) is 6.61 Å². The molecule has 0 fully saturated rings. The first-order valence-electron chi connectivity index (χ1n) is 7.72. The third kappa shape index (κ3) is 5.50. The molecule has 0 aromatic heterocycles. The van der Waals surface area contributed by atoms with Gasteiger partial charge in [-0.15, -0.1) is 6.42 Å². The number of ether oxygens (including phenoxy) is 1. The van der Waals surface area contributed by atoms with Crippen LogP contribution in [0.15, 0.2) is 60.8 Å². The second kappa shape index (κ2) is 9.44. The summed E-state index contributed by atoms with van der Waals surface area (Å²) in [5.41, 5.74) is 0.830. The van der Waals surface area contributed by atoms with Gasteiger partial charge in [0.15, 0.2) is 0 Å². The fourth-order valence-electron chi connectivity index (χ4n) is 2.16. The summed E-state index contributed by atoms with van der Waals surface area (Å²) in [7, 11) is 0. The third-order valence-electron chi connectivity index (χ3n) is 3.44. The maximum absolute atomic E-state index is 13.7. The smallest absolute Gasteiger partial charge is 0.279 e. The van der Waals surface area contributed by atoms with Crippen molar-refractivity contribution in [1.29, 1.82) is 5.41 Å². The lowest BCUT2D eigenvalue weighted by Gasteiger charge is -2.17. The number of benzene rings is 2. The number of allylic oxidation sites excluding steroid dienone is 1. The Labute approximate surface area is 150 Å². The summed E-state index contributed by atoms with van der Waals surface area (Å²) in [6.07, 6.45) is 3.92. The fourth-order valence-corrected chi connectivity index (χ4v) is 2.16. The number of terminal acetylenes is 1. The maximum atomic E-state index is 13.7. The van der Waals surface area contributed by atoms with Gasteiger partial charge in [0.1, 0.15) is 11.9 Å². The Hall–Kier alpha value is -3.04. The highest BCUT2D eigenvalue weighted by Crippen LogP contribution is 2.27. The van der Waals surface area contributed by atoms with Gasteiger partial charge < -0.3 is 10.1 Å². The van der Waals surface area contributed by atoms with Crippen molar-refractivity contribution in [3.8, 4) is 12.3 Å². The highest BCUT2D eigenvalue weighted by molar-refractivity contribution is 5.95. The molecular formula is C20H17F3N2O. The predicted octanol–water partition coefficient (Wildman–Crippen LogP) is 4.93. The van der Waals surface area contributed by atoms with Crippen LogP contribution >= 0.6 is 0 Å². The molecule has 2 aromatic rings. The zero-order chi connectivity index (χ0) is 18.9. The Bertz CT molecular complexity index is 814. The zero-order valence-electron chi connectivity index (χ0n) is 13.8. The summed E-state index contributed by atoms with van der Waals surface area (Å²) in [6, 6.07) is 13.2. The van der Waals surface area contributed by atoms with Crippen LogP contribution in [0.25, 0.3) is 0 Å². The van der Waals surface area contributed by atoms with Gasteiger partial charge in [-0.1, -0.05) is 36.3 Å². The molecule has 0 unspecified atom stereocenters. The van der Waals surface area contributed by atoms with Crippen molar-refractivity contribution < 1.29 is 17.9 Å². The normalized spacial score (nSPS) is 12.1. The van der Waals surface area contributed by atoms with Crippen molar-refractivity contribution in [3.05, 3.63) is 77.8 Å². The van der Waals surface area contributed by atoms with Gasteiger partial charge in [-0.2, -0.15) is 0 Å². The van der Waals surface area contributed by atoms with E-state index in [1.807, 2.05) is 30.3 Å². The minimum atomic E-state index is -2.87. The molecule has 0 aliphatic carbocycles. The second-order valence-electron chi connectivity index (χ2n) is 5.31. The van der Waals surface area contributed by atoms with E-state index in [1.54, 1.807) is 0 Å². The topological polar surface area (TPSA) is 45.1 Å². The Kier molecular flexibility index (Phi) is 7.01. The van der Waals surface area contributed by atoms with Gasteiger partial charge in [0, 0.05) is 17.5 Å². The van der Waals surface area contributed by atoms with E-state index in [0.29, 0.717) is 11.3 Å². The number of hydrogen-bond donors (Lipinski definition) is 2. The first kappa shape index (κ1) is 19.3. The lowest BCUT2D eigenvalue weighted by molar-refractivity contribution is 0.0784. The molecule has 0 radical (unpaired) electrons. The van der Waals surface area contributed by atoms with Crippen molar-refractivity contribution in [2.24, 2.45) is 0 Å². The van der Waals surface area contributed by atoms with E-state index in [9.17, 15) is 13.2 Å². The van der Waals surface area contributed by atoms with Crippen LogP contribution in [0.1, 0.15) is 17.2 Å². The molecule has 0 saturated carbocycles. The number of anilines is 1. The van der Waals surface area contributed by atoms with Crippen LogP contribution in [0.3, 0.4) is 0 Å². The van der Waals surface area contributed by atoms with Crippen LogP contribution in [-0.4, -0.2) is 12.1 Å². The maximum Gasteiger partial charge on any atom is 0.279 e. The van der Waals surface area contributed by atoms with Crippen molar-refractivity contribution >= 4 is 11.4 Å². The molecule has 0 spiro atoms. The van der Waals surface area contributed by atoms with E-state index in [1.165, 1.54) is 24.4 Å². The summed E-state index contributed by atoms with van der Waals surface area (Å²) in [4.78, 5) is 0. The highest BCUT2D eigenvalue weighted by atomic mass is 19.3. The van der Waals surface area contributed by atoms with Crippen LogP contribution in [0, 0.1) is 23.6 Å². The largest absolute Gasteiger partial charge is 0.361 e. The standard InChI is InChI=1S/C20H17F3N2O/c1-2-19(26-13-14-6-4-3-5-7-14)16-12-15(21)8-9-18(16)25-11-10-17(24)20(22)23/h1,3-12,19-20,24-25H,13H2/b11-10-,24-17?/t19-/m1/s1. The van der Waals surface area contributed by atoms with E-state index in [0.717, 1.165) is 11.6 Å². The van der Waals surface area contributed by atoms with Crippen molar-refractivity contribution in [2.45, 2.75) is 19.1 Å². The lowest BCUT2D eigenvalue weighted by Crippen LogP contribution is -2.08. The van der Waals surface area contributed by atoms with Crippen molar-refractivity contribution in [3.63, 3.8) is 0 Å². The lowest BCUT2D eigenvalue weighted by atomic mass is 10.1. The molecule has 0 heterocycles. The Morgan fingerprint density at radius 2 is 1.96 bits per heavy atom. The first-order chi connectivity index (χ1) is 12.5. The average Bonchev–Trinajstić information content (AvgIpc) is 2.64. The van der Waals surface area contributed by atoms with E-state index in [2.05, 4.69) is 11.2 Å². The van der Waals surface area contributed by atoms with Gasteiger partial charge in [0.05, 0.1) is 12.3 Å². The number of nitrogens with one attached hydrogen (secondary N) is 2. The monoisotopic (exact) mass is 358 g/mol. The fraction of sp³-hybridized carbons (Fsp3) is 0.150. The van der Waals surface area contributed by atoms with E-state index < -0.39 is 24.1 Å². The molecule has 26 heavy (non-hydrogen) atoms. The summed E-state index contributed by atoms with van der Waals surface area (Å²) >= 11 is 0. The number of rotatable bonds is 8. The average molecular weight is 358 g/mol. The Morgan fingerprint density at radius 1 is 1.23 bits per heavy atom. The SMILES string of the molecule is C#C[C@@H](OCc1ccccc1)c1cc(F)ccc1N/C=C\C(=N)C(F)F. The van der Waals surface area contributed by atoms with Crippen LogP contribution < -0.4 is 5.32 Å². The summed E-state index contributed by atoms with van der Waals surface area (Å²) in [5, 5.41) is 9.83. The number of halogens is 3. The molecule has 0 aliphatic heterocycles. The molecule has 0 bridgehead atoms. The molecule has 2 N–H and O–H groups in total. The molecule has 3 nitrogen and oxygen atoms in total. The summed E-state index contributed by atoms with van der Waals surface area (Å²) in [5.74, 6) is 1.96. The van der Waals surface area contributed by atoms with Gasteiger partial charge in [0.25, 0.3) is 6.43 Å². The minimum absolute atomic E-state index is 0.234. The predicted molar refractivity (Wildman–Crippen MR) is 95.7 cm³/mol. The van der Waals surface area contributed by atoms with Crippen LogP contribution in [-0.2, 0) is 11.3 Å². The summed E-state index contributed by atoms with van der Waals surface area (Å²) in [6.45, 7) is 0.234. The van der Waals surface area contributed by atoms with Gasteiger partial charge in [-0.05, 0) is 29.8 Å². The number of alkyl halides is 2. The third-order valence-corrected chi connectivity index (χ3v) is 3.44. The van der Waals surface area contributed by atoms with Gasteiger partial charge in [0.2, 0.25) is 0 Å².